The van der Waals surface area contributed by atoms with E-state index in [0.717, 1.165) is 0 Å². The molecule has 2 aromatic rings. The van der Waals surface area contributed by atoms with Crippen LogP contribution >= 0.6 is 0 Å². The van der Waals surface area contributed by atoms with E-state index in [9.17, 15) is 19.7 Å². The van der Waals surface area contributed by atoms with Crippen molar-refractivity contribution in [3.05, 3.63) is 60.4 Å². The van der Waals surface area contributed by atoms with Crippen LogP contribution in [0.3, 0.4) is 0 Å². The number of nitro groups is 1. The van der Waals surface area contributed by atoms with Gasteiger partial charge in [-0.2, -0.15) is 0 Å². The second-order valence-corrected chi connectivity index (χ2v) is 4.60. The van der Waals surface area contributed by atoms with Gasteiger partial charge < -0.3 is 14.5 Å². The molecule has 0 unspecified atom stereocenters. The van der Waals surface area contributed by atoms with E-state index in [1.807, 2.05) is 11.9 Å². The van der Waals surface area contributed by atoms with Crippen molar-refractivity contribution in [1.82, 2.24) is 9.97 Å². The minimum Gasteiger partial charge on any atom is -0.493 e. The summed E-state index contributed by atoms with van der Waals surface area (Å²) in [6.07, 6.45) is 2.79. The largest absolute Gasteiger partial charge is 0.493 e. The number of aromatic amines is 2. The molecule has 0 fully saturated rings. The zero-order valence-electron chi connectivity index (χ0n) is 13.0. The second kappa shape index (κ2) is 7.27. The zero-order chi connectivity index (χ0) is 17.7. The topological polar surface area (TPSA) is 127 Å². The van der Waals surface area contributed by atoms with E-state index in [4.69, 9.17) is 9.47 Å². The maximum absolute atomic E-state index is 11.5. The summed E-state index contributed by atoms with van der Waals surface area (Å²) in [7, 11) is 1.49. The van der Waals surface area contributed by atoms with Crippen molar-refractivity contribution in [2.75, 3.05) is 13.7 Å². The van der Waals surface area contributed by atoms with Crippen LogP contribution in [0.5, 0.6) is 11.5 Å². The third-order valence-corrected chi connectivity index (χ3v) is 3.06. The predicted octanol–water partition coefficient (Wildman–Crippen LogP) is 1.55. The van der Waals surface area contributed by atoms with E-state index in [2.05, 4.69) is 4.98 Å². The zero-order valence-corrected chi connectivity index (χ0v) is 13.0. The number of H-pyrrole nitrogens is 2. The lowest BCUT2D eigenvalue weighted by molar-refractivity contribution is -0.386. The second-order valence-electron chi connectivity index (χ2n) is 4.60. The normalized spacial score (nSPS) is 10.8. The lowest BCUT2D eigenvalue weighted by Crippen LogP contribution is -2.25. The first-order valence-corrected chi connectivity index (χ1v) is 6.96. The summed E-state index contributed by atoms with van der Waals surface area (Å²) in [5.41, 5.74) is -2.17. The number of rotatable bonds is 6. The van der Waals surface area contributed by atoms with Gasteiger partial charge in [-0.15, -0.1) is 0 Å². The molecule has 9 nitrogen and oxygen atoms in total. The van der Waals surface area contributed by atoms with E-state index in [1.165, 1.54) is 19.3 Å². The number of benzene rings is 1. The molecule has 0 saturated heterocycles. The van der Waals surface area contributed by atoms with Crippen LogP contribution in [-0.4, -0.2) is 28.6 Å². The van der Waals surface area contributed by atoms with Crippen LogP contribution in [0.2, 0.25) is 0 Å². The smallest absolute Gasteiger partial charge is 0.357 e. The Morgan fingerprint density at radius 1 is 1.21 bits per heavy atom. The average Bonchev–Trinajstić information content (AvgIpc) is 2.53. The molecule has 0 aliphatic rings. The molecular weight excluding hydrogens is 318 g/mol. The lowest BCUT2D eigenvalue weighted by Gasteiger charge is -2.09. The molecule has 0 atom stereocenters. The predicted molar refractivity (Wildman–Crippen MR) is 87.4 cm³/mol. The summed E-state index contributed by atoms with van der Waals surface area (Å²) in [4.78, 5) is 37.0. The van der Waals surface area contributed by atoms with Crippen LogP contribution in [0, 0.1) is 10.1 Å². The Hall–Kier alpha value is -3.36. The van der Waals surface area contributed by atoms with E-state index < -0.39 is 21.9 Å². The molecule has 0 radical (unpaired) electrons. The van der Waals surface area contributed by atoms with Gasteiger partial charge in [-0.25, -0.2) is 4.79 Å². The van der Waals surface area contributed by atoms with Crippen molar-refractivity contribution < 1.29 is 14.4 Å². The first-order valence-electron chi connectivity index (χ1n) is 6.96. The standard InChI is InChI=1S/C15H15N3O6/c1-3-24-11-7-5-9(8-12(11)23-2)4-6-10-13(18(21)22)14(19)17-15(20)16-10/h4-8H,3H2,1-2H3,(H2,16,17,19,20). The van der Waals surface area contributed by atoms with Crippen LogP contribution in [0.4, 0.5) is 5.69 Å². The maximum atomic E-state index is 11.5. The summed E-state index contributed by atoms with van der Waals surface area (Å²) < 4.78 is 10.6. The molecule has 2 rings (SSSR count). The molecule has 0 amide bonds. The molecule has 1 aromatic heterocycles. The summed E-state index contributed by atoms with van der Waals surface area (Å²) in [5.74, 6) is 1.06. The third-order valence-electron chi connectivity index (χ3n) is 3.06. The molecular formula is C15H15N3O6. The van der Waals surface area contributed by atoms with Crippen molar-refractivity contribution in [1.29, 1.82) is 0 Å². The molecule has 0 saturated carbocycles. The van der Waals surface area contributed by atoms with Crippen molar-refractivity contribution in [3.8, 4) is 11.5 Å². The van der Waals surface area contributed by atoms with Crippen LogP contribution in [0.25, 0.3) is 12.2 Å². The number of ether oxygens (including phenoxy) is 2. The molecule has 1 heterocycles. The number of nitrogens with one attached hydrogen (secondary N) is 2. The summed E-state index contributed by atoms with van der Waals surface area (Å²) in [6, 6.07) is 5.07. The van der Waals surface area contributed by atoms with Crippen molar-refractivity contribution >= 4 is 17.8 Å². The molecule has 0 aliphatic heterocycles. The highest BCUT2D eigenvalue weighted by atomic mass is 16.6. The minimum absolute atomic E-state index is 0.193. The summed E-state index contributed by atoms with van der Waals surface area (Å²) in [6.45, 7) is 2.32. The molecule has 0 bridgehead atoms. The highest BCUT2D eigenvalue weighted by Crippen LogP contribution is 2.28. The van der Waals surface area contributed by atoms with E-state index >= 15 is 0 Å². The quantitative estimate of drug-likeness (QED) is 0.610. The molecule has 9 heteroatoms. The SMILES string of the molecule is CCOc1ccc(C=Cc2[nH]c(=O)[nH]c(=O)c2[N+](=O)[O-])cc1OC. The van der Waals surface area contributed by atoms with Gasteiger partial charge in [-0.3, -0.25) is 19.9 Å². The fourth-order valence-electron chi connectivity index (χ4n) is 2.04. The van der Waals surface area contributed by atoms with Crippen molar-refractivity contribution in [2.24, 2.45) is 0 Å². The minimum atomic E-state index is -1.06. The highest BCUT2D eigenvalue weighted by molar-refractivity contribution is 5.72. The number of aromatic nitrogens is 2. The lowest BCUT2D eigenvalue weighted by atomic mass is 10.1. The Morgan fingerprint density at radius 3 is 2.58 bits per heavy atom. The average molecular weight is 333 g/mol. The Morgan fingerprint density at radius 2 is 1.96 bits per heavy atom. The monoisotopic (exact) mass is 333 g/mol. The van der Waals surface area contributed by atoms with Gasteiger partial charge in [-0.1, -0.05) is 12.1 Å². The van der Waals surface area contributed by atoms with Gasteiger partial charge in [-0.05, 0) is 30.7 Å². The van der Waals surface area contributed by atoms with Crippen molar-refractivity contribution in [2.45, 2.75) is 6.92 Å². The maximum Gasteiger partial charge on any atom is 0.357 e. The summed E-state index contributed by atoms with van der Waals surface area (Å²) in [5, 5.41) is 11.0. The van der Waals surface area contributed by atoms with Gasteiger partial charge in [0.25, 0.3) is 0 Å². The first kappa shape index (κ1) is 17.0. The third kappa shape index (κ3) is 3.69. The molecule has 0 aliphatic carbocycles. The van der Waals surface area contributed by atoms with Crippen molar-refractivity contribution in [3.63, 3.8) is 0 Å². The van der Waals surface area contributed by atoms with Crippen LogP contribution in [0.15, 0.2) is 27.8 Å². The van der Waals surface area contributed by atoms with Gasteiger partial charge in [0, 0.05) is 0 Å². The van der Waals surface area contributed by atoms with Crippen LogP contribution in [-0.2, 0) is 0 Å². The number of hydrogen-bond donors (Lipinski definition) is 2. The van der Waals surface area contributed by atoms with Gasteiger partial charge in [0.15, 0.2) is 11.5 Å². The molecule has 0 spiro atoms. The number of nitrogens with zero attached hydrogens (tertiary/aromatic N) is 1. The molecule has 126 valence electrons. The fraction of sp³-hybridized carbons (Fsp3) is 0.200. The number of hydrogen-bond acceptors (Lipinski definition) is 6. The Kier molecular flexibility index (Phi) is 5.15. The first-order chi connectivity index (χ1) is 11.5. The Labute approximate surface area is 135 Å². The van der Waals surface area contributed by atoms with E-state index in [-0.39, 0.29) is 5.69 Å². The van der Waals surface area contributed by atoms with Gasteiger partial charge >= 0.3 is 16.9 Å². The van der Waals surface area contributed by atoms with Gasteiger partial charge in [0.1, 0.15) is 5.69 Å². The number of methoxy groups -OCH3 is 1. The Balaban J connectivity index is 2.43. The molecule has 24 heavy (non-hydrogen) atoms. The molecule has 2 N–H and O–H groups in total. The van der Waals surface area contributed by atoms with Crippen LogP contribution < -0.4 is 20.7 Å². The molecule has 1 aromatic carbocycles. The van der Waals surface area contributed by atoms with Gasteiger partial charge in [0.2, 0.25) is 0 Å². The fourth-order valence-corrected chi connectivity index (χ4v) is 2.04. The highest BCUT2D eigenvalue weighted by Gasteiger charge is 2.18. The van der Waals surface area contributed by atoms with E-state index in [0.29, 0.717) is 23.7 Å². The van der Waals surface area contributed by atoms with Gasteiger partial charge in [0.05, 0.1) is 18.6 Å². The Bertz CT molecular complexity index is 897. The van der Waals surface area contributed by atoms with E-state index in [1.54, 1.807) is 18.2 Å². The van der Waals surface area contributed by atoms with Crippen LogP contribution in [0.1, 0.15) is 18.2 Å². The summed E-state index contributed by atoms with van der Waals surface area (Å²) >= 11 is 0.